The summed E-state index contributed by atoms with van der Waals surface area (Å²) in [6.45, 7) is 6.67. The van der Waals surface area contributed by atoms with Crippen molar-refractivity contribution in [1.29, 1.82) is 0 Å². The van der Waals surface area contributed by atoms with Gasteiger partial charge < -0.3 is 5.32 Å². The highest BCUT2D eigenvalue weighted by molar-refractivity contribution is 5.26. The normalized spacial score (nSPS) is 13.9. The Kier molecular flexibility index (Phi) is 5.37. The number of rotatable bonds is 6. The fraction of sp³-hybridized carbons (Fsp3) is 0.368. The predicted molar refractivity (Wildman–Crippen MR) is 86.8 cm³/mol. The van der Waals surface area contributed by atoms with E-state index in [-0.39, 0.29) is 0 Å². The van der Waals surface area contributed by atoms with E-state index < -0.39 is 0 Å². The lowest BCUT2D eigenvalue weighted by molar-refractivity contribution is 0.456. The van der Waals surface area contributed by atoms with Crippen LogP contribution in [0.1, 0.15) is 56.0 Å². The molecule has 2 rings (SSSR count). The maximum atomic E-state index is 3.74. The molecular weight excluding hydrogens is 242 g/mol. The van der Waals surface area contributed by atoms with E-state index in [4.69, 9.17) is 0 Å². The summed E-state index contributed by atoms with van der Waals surface area (Å²) in [5, 5.41) is 3.74. The van der Waals surface area contributed by atoms with Crippen LogP contribution in [0.25, 0.3) is 0 Å². The third-order valence-electron chi connectivity index (χ3n) is 3.95. The molecule has 20 heavy (non-hydrogen) atoms. The molecular formula is C19H25N. The van der Waals surface area contributed by atoms with Gasteiger partial charge in [0.15, 0.2) is 0 Å². The molecule has 2 aromatic carbocycles. The van der Waals surface area contributed by atoms with Gasteiger partial charge in [0.1, 0.15) is 0 Å². The second kappa shape index (κ2) is 7.25. The summed E-state index contributed by atoms with van der Waals surface area (Å²) in [7, 11) is 0. The molecule has 2 aromatic rings. The first-order valence-corrected chi connectivity index (χ1v) is 7.64. The molecule has 1 nitrogen and oxygen atoms in total. The van der Waals surface area contributed by atoms with Gasteiger partial charge in [-0.25, -0.2) is 0 Å². The standard InChI is InChI=1S/C19H25N/c1-4-16-11-13-18(14-12-16)19(5-2)20-15(3)17-9-7-6-8-10-17/h6-15,19-20H,4-5H2,1-3H3. The number of hydrogen-bond donors (Lipinski definition) is 1. The van der Waals surface area contributed by atoms with Crippen LogP contribution >= 0.6 is 0 Å². The average Bonchev–Trinajstić information content (AvgIpc) is 2.53. The van der Waals surface area contributed by atoms with Gasteiger partial charge in [-0.2, -0.15) is 0 Å². The zero-order valence-electron chi connectivity index (χ0n) is 12.8. The quantitative estimate of drug-likeness (QED) is 0.772. The van der Waals surface area contributed by atoms with Crippen molar-refractivity contribution in [2.24, 2.45) is 0 Å². The molecule has 0 saturated heterocycles. The van der Waals surface area contributed by atoms with Crippen LogP contribution in [0.4, 0.5) is 0 Å². The van der Waals surface area contributed by atoms with Gasteiger partial charge in [-0.05, 0) is 36.5 Å². The number of benzene rings is 2. The second-order valence-electron chi connectivity index (χ2n) is 5.36. The van der Waals surface area contributed by atoms with Crippen LogP contribution in [0, 0.1) is 0 Å². The van der Waals surface area contributed by atoms with Crippen molar-refractivity contribution in [3.8, 4) is 0 Å². The van der Waals surface area contributed by atoms with Crippen molar-refractivity contribution in [2.45, 2.75) is 45.7 Å². The molecule has 0 bridgehead atoms. The van der Waals surface area contributed by atoms with Gasteiger partial charge in [0, 0.05) is 12.1 Å². The highest BCUT2D eigenvalue weighted by Crippen LogP contribution is 2.22. The summed E-state index contributed by atoms with van der Waals surface area (Å²) in [6.07, 6.45) is 2.20. The minimum Gasteiger partial charge on any atom is -0.303 e. The van der Waals surface area contributed by atoms with Crippen LogP contribution in [0.3, 0.4) is 0 Å². The fourth-order valence-electron chi connectivity index (χ4n) is 2.58. The lowest BCUT2D eigenvalue weighted by Crippen LogP contribution is -2.24. The maximum Gasteiger partial charge on any atom is 0.0323 e. The molecule has 0 aromatic heterocycles. The zero-order valence-corrected chi connectivity index (χ0v) is 12.8. The Balaban J connectivity index is 2.08. The predicted octanol–water partition coefficient (Wildman–Crippen LogP) is 5.05. The maximum absolute atomic E-state index is 3.74. The molecule has 2 unspecified atom stereocenters. The van der Waals surface area contributed by atoms with Gasteiger partial charge in [0.25, 0.3) is 0 Å². The van der Waals surface area contributed by atoms with Gasteiger partial charge in [-0.1, -0.05) is 68.4 Å². The number of nitrogens with one attached hydrogen (secondary N) is 1. The Hall–Kier alpha value is -1.60. The Morgan fingerprint density at radius 2 is 1.50 bits per heavy atom. The van der Waals surface area contributed by atoms with E-state index >= 15 is 0 Å². The zero-order chi connectivity index (χ0) is 14.4. The fourth-order valence-corrected chi connectivity index (χ4v) is 2.58. The molecule has 0 fully saturated rings. The third kappa shape index (κ3) is 3.71. The van der Waals surface area contributed by atoms with Gasteiger partial charge >= 0.3 is 0 Å². The molecule has 0 saturated carbocycles. The first-order valence-electron chi connectivity index (χ1n) is 7.64. The summed E-state index contributed by atoms with van der Waals surface area (Å²) >= 11 is 0. The van der Waals surface area contributed by atoms with E-state index in [9.17, 15) is 0 Å². The van der Waals surface area contributed by atoms with Crippen molar-refractivity contribution in [3.63, 3.8) is 0 Å². The molecule has 0 amide bonds. The minimum atomic E-state index is 0.368. The SMILES string of the molecule is CCc1ccc(C(CC)NC(C)c2ccccc2)cc1. The largest absolute Gasteiger partial charge is 0.303 e. The van der Waals surface area contributed by atoms with E-state index in [1.54, 1.807) is 0 Å². The van der Waals surface area contributed by atoms with E-state index in [0.717, 1.165) is 12.8 Å². The van der Waals surface area contributed by atoms with E-state index in [0.29, 0.717) is 12.1 Å². The topological polar surface area (TPSA) is 12.0 Å². The Bertz CT molecular complexity index is 501. The van der Waals surface area contributed by atoms with Crippen LogP contribution in [-0.4, -0.2) is 0 Å². The first kappa shape index (κ1) is 14.8. The van der Waals surface area contributed by atoms with E-state index in [1.165, 1.54) is 16.7 Å². The molecule has 1 heteroatoms. The monoisotopic (exact) mass is 267 g/mol. The van der Waals surface area contributed by atoms with E-state index in [1.807, 2.05) is 0 Å². The molecule has 0 heterocycles. The van der Waals surface area contributed by atoms with Crippen LogP contribution in [0.15, 0.2) is 54.6 Å². The summed E-state index contributed by atoms with van der Waals surface area (Å²) in [5.41, 5.74) is 4.13. The molecule has 0 spiro atoms. The van der Waals surface area contributed by atoms with Crippen molar-refractivity contribution in [3.05, 3.63) is 71.3 Å². The summed E-state index contributed by atoms with van der Waals surface area (Å²) in [5.74, 6) is 0. The number of aryl methyl sites for hydroxylation is 1. The molecule has 0 aliphatic carbocycles. The highest BCUT2D eigenvalue weighted by atomic mass is 14.9. The van der Waals surface area contributed by atoms with Gasteiger partial charge in [0.2, 0.25) is 0 Å². The summed E-state index contributed by atoms with van der Waals surface area (Å²) < 4.78 is 0. The highest BCUT2D eigenvalue weighted by Gasteiger charge is 2.13. The van der Waals surface area contributed by atoms with Crippen LogP contribution in [0.2, 0.25) is 0 Å². The Morgan fingerprint density at radius 1 is 0.850 bits per heavy atom. The number of hydrogen-bond acceptors (Lipinski definition) is 1. The van der Waals surface area contributed by atoms with Crippen molar-refractivity contribution >= 4 is 0 Å². The first-order chi connectivity index (χ1) is 9.74. The molecule has 0 aliphatic heterocycles. The van der Waals surface area contributed by atoms with Crippen LogP contribution in [-0.2, 0) is 6.42 Å². The van der Waals surface area contributed by atoms with Gasteiger partial charge in [0.05, 0.1) is 0 Å². The lowest BCUT2D eigenvalue weighted by Gasteiger charge is -2.23. The Morgan fingerprint density at radius 3 is 2.05 bits per heavy atom. The second-order valence-corrected chi connectivity index (χ2v) is 5.36. The van der Waals surface area contributed by atoms with Crippen molar-refractivity contribution in [1.82, 2.24) is 5.32 Å². The Labute approximate surface area is 123 Å². The molecule has 106 valence electrons. The smallest absolute Gasteiger partial charge is 0.0323 e. The summed E-state index contributed by atoms with van der Waals surface area (Å²) in [4.78, 5) is 0. The molecule has 0 radical (unpaired) electrons. The molecule has 2 atom stereocenters. The lowest BCUT2D eigenvalue weighted by atomic mass is 9.99. The van der Waals surface area contributed by atoms with Crippen molar-refractivity contribution < 1.29 is 0 Å². The van der Waals surface area contributed by atoms with Crippen LogP contribution in [0.5, 0.6) is 0 Å². The van der Waals surface area contributed by atoms with Crippen LogP contribution < -0.4 is 5.32 Å². The third-order valence-corrected chi connectivity index (χ3v) is 3.95. The summed E-state index contributed by atoms with van der Waals surface area (Å²) in [6, 6.07) is 20.4. The average molecular weight is 267 g/mol. The van der Waals surface area contributed by atoms with Gasteiger partial charge in [-0.3, -0.25) is 0 Å². The van der Waals surface area contributed by atoms with E-state index in [2.05, 4.69) is 80.7 Å². The molecule has 1 N–H and O–H groups in total. The van der Waals surface area contributed by atoms with Crippen molar-refractivity contribution in [2.75, 3.05) is 0 Å². The minimum absolute atomic E-state index is 0.368. The molecule has 0 aliphatic rings. The van der Waals surface area contributed by atoms with Gasteiger partial charge in [-0.15, -0.1) is 0 Å².